The number of hydrogen-bond acceptors (Lipinski definition) is 2. The molecule has 0 aromatic heterocycles. The summed E-state index contributed by atoms with van der Waals surface area (Å²) >= 11 is 0. The molecule has 0 spiro atoms. The number of amides is 2. The highest BCUT2D eigenvalue weighted by molar-refractivity contribution is 5.94. The first kappa shape index (κ1) is 17.5. The second-order valence-corrected chi connectivity index (χ2v) is 6.34. The molecule has 2 N–H and O–H groups in total. The van der Waals surface area contributed by atoms with E-state index >= 15 is 0 Å². The third-order valence-electron chi connectivity index (χ3n) is 4.32. The van der Waals surface area contributed by atoms with Crippen LogP contribution in [0, 0.1) is 0 Å². The fraction of sp³-hybridized carbons (Fsp3) is 0.556. The van der Waals surface area contributed by atoms with Crippen molar-refractivity contribution in [3.05, 3.63) is 35.9 Å². The fourth-order valence-electron chi connectivity index (χ4n) is 3.02. The predicted molar refractivity (Wildman–Crippen MR) is 90.4 cm³/mol. The molecule has 2 rings (SSSR count). The van der Waals surface area contributed by atoms with Gasteiger partial charge in [-0.3, -0.25) is 9.59 Å². The lowest BCUT2D eigenvalue weighted by Gasteiger charge is -2.32. The van der Waals surface area contributed by atoms with E-state index in [0.717, 1.165) is 31.5 Å². The first-order valence-corrected chi connectivity index (χ1v) is 8.57. The van der Waals surface area contributed by atoms with Crippen LogP contribution in [0.25, 0.3) is 0 Å². The average Bonchev–Trinajstić information content (AvgIpc) is 2.56. The maximum absolute atomic E-state index is 12.4. The smallest absolute Gasteiger partial charge is 0.275 e. The van der Waals surface area contributed by atoms with Crippen molar-refractivity contribution in [3.63, 3.8) is 0 Å². The van der Waals surface area contributed by atoms with Crippen LogP contribution in [0.4, 0.5) is 0 Å². The van der Waals surface area contributed by atoms with Crippen molar-refractivity contribution < 1.29 is 14.5 Å². The Morgan fingerprint density at radius 3 is 2.48 bits per heavy atom. The molecule has 1 atom stereocenters. The van der Waals surface area contributed by atoms with Crippen LogP contribution in [-0.4, -0.2) is 55.5 Å². The van der Waals surface area contributed by atoms with Gasteiger partial charge in [0.1, 0.15) is 0 Å². The van der Waals surface area contributed by atoms with Crippen LogP contribution in [0.1, 0.15) is 37.0 Å². The number of nitrogens with zero attached hydrogens (tertiary/aromatic N) is 1. The summed E-state index contributed by atoms with van der Waals surface area (Å²) in [4.78, 5) is 27.5. The molecular formula is C18H28N3O2+. The fourth-order valence-corrected chi connectivity index (χ4v) is 3.02. The Hall–Kier alpha value is -1.88. The Labute approximate surface area is 138 Å². The van der Waals surface area contributed by atoms with Crippen LogP contribution >= 0.6 is 0 Å². The van der Waals surface area contributed by atoms with Gasteiger partial charge in [-0.25, -0.2) is 0 Å². The van der Waals surface area contributed by atoms with Gasteiger partial charge in [0, 0.05) is 11.6 Å². The Balaban J connectivity index is 1.75. The maximum Gasteiger partial charge on any atom is 0.275 e. The van der Waals surface area contributed by atoms with Gasteiger partial charge >= 0.3 is 0 Å². The van der Waals surface area contributed by atoms with Gasteiger partial charge in [0.15, 0.2) is 6.54 Å². The number of carbonyl (C=O) groups excluding carboxylic acids is 2. The van der Waals surface area contributed by atoms with Crippen LogP contribution in [-0.2, 0) is 4.79 Å². The zero-order chi connectivity index (χ0) is 16.7. The summed E-state index contributed by atoms with van der Waals surface area (Å²) in [5, 5.41) is 3.05. The van der Waals surface area contributed by atoms with Gasteiger partial charge in [0.25, 0.3) is 11.8 Å². The van der Waals surface area contributed by atoms with Crippen LogP contribution in [0.15, 0.2) is 30.3 Å². The van der Waals surface area contributed by atoms with Crippen molar-refractivity contribution in [2.24, 2.45) is 0 Å². The SMILES string of the molecule is CCC[C@H](C)NC(=O)C[NH+]1CCN(C(=O)c2ccccc2)CC1. The lowest BCUT2D eigenvalue weighted by atomic mass is 10.2. The van der Waals surface area contributed by atoms with E-state index in [4.69, 9.17) is 0 Å². The summed E-state index contributed by atoms with van der Waals surface area (Å²) in [6.45, 7) is 7.75. The predicted octanol–water partition coefficient (Wildman–Crippen LogP) is 0.332. The summed E-state index contributed by atoms with van der Waals surface area (Å²) in [6.07, 6.45) is 2.09. The largest absolute Gasteiger partial charge is 0.349 e. The van der Waals surface area contributed by atoms with E-state index in [2.05, 4.69) is 12.2 Å². The molecule has 126 valence electrons. The summed E-state index contributed by atoms with van der Waals surface area (Å²) in [5.74, 6) is 0.203. The van der Waals surface area contributed by atoms with Crippen LogP contribution in [0.2, 0.25) is 0 Å². The van der Waals surface area contributed by atoms with E-state index in [1.807, 2.05) is 42.2 Å². The molecule has 1 fully saturated rings. The zero-order valence-corrected chi connectivity index (χ0v) is 14.2. The minimum atomic E-state index is 0.0886. The summed E-state index contributed by atoms with van der Waals surface area (Å²) in [7, 11) is 0. The van der Waals surface area contributed by atoms with Crippen molar-refractivity contribution in [3.8, 4) is 0 Å². The highest BCUT2D eigenvalue weighted by Gasteiger charge is 2.25. The Morgan fingerprint density at radius 2 is 1.87 bits per heavy atom. The van der Waals surface area contributed by atoms with Crippen molar-refractivity contribution >= 4 is 11.8 Å². The molecule has 1 aromatic carbocycles. The number of benzene rings is 1. The minimum absolute atomic E-state index is 0.0886. The minimum Gasteiger partial charge on any atom is -0.349 e. The number of nitrogens with one attached hydrogen (secondary N) is 2. The molecule has 1 aromatic rings. The monoisotopic (exact) mass is 318 g/mol. The molecule has 5 nitrogen and oxygen atoms in total. The number of hydrogen-bond donors (Lipinski definition) is 2. The van der Waals surface area contributed by atoms with E-state index in [1.54, 1.807) is 0 Å². The summed E-state index contributed by atoms with van der Waals surface area (Å²) < 4.78 is 0. The molecule has 0 bridgehead atoms. The Bertz CT molecular complexity index is 510. The van der Waals surface area contributed by atoms with Gasteiger partial charge in [-0.1, -0.05) is 31.5 Å². The van der Waals surface area contributed by atoms with Crippen molar-refractivity contribution in [2.45, 2.75) is 32.7 Å². The molecule has 5 heteroatoms. The summed E-state index contributed by atoms with van der Waals surface area (Å²) in [5.41, 5.74) is 0.738. The van der Waals surface area contributed by atoms with Gasteiger partial charge in [0.05, 0.1) is 26.2 Å². The summed E-state index contributed by atoms with van der Waals surface area (Å²) in [6, 6.07) is 9.63. The third-order valence-corrected chi connectivity index (χ3v) is 4.32. The van der Waals surface area contributed by atoms with Crippen LogP contribution < -0.4 is 10.2 Å². The van der Waals surface area contributed by atoms with Gasteiger partial charge < -0.3 is 15.1 Å². The standard InChI is InChI=1S/C18H27N3O2/c1-3-7-15(2)19-17(22)14-20-10-12-21(13-11-20)18(23)16-8-5-4-6-9-16/h4-6,8-9,15H,3,7,10-14H2,1-2H3,(H,19,22)/p+1/t15-/m0/s1. The quantitative estimate of drug-likeness (QED) is 0.794. The molecule has 0 radical (unpaired) electrons. The topological polar surface area (TPSA) is 53.9 Å². The zero-order valence-electron chi connectivity index (χ0n) is 14.2. The molecule has 0 saturated carbocycles. The second-order valence-electron chi connectivity index (χ2n) is 6.34. The Morgan fingerprint density at radius 1 is 1.22 bits per heavy atom. The maximum atomic E-state index is 12.4. The lowest BCUT2D eigenvalue weighted by molar-refractivity contribution is -0.896. The Kier molecular flexibility index (Phi) is 6.59. The van der Waals surface area contributed by atoms with Crippen LogP contribution in [0.3, 0.4) is 0 Å². The molecule has 0 aliphatic carbocycles. The van der Waals surface area contributed by atoms with Crippen molar-refractivity contribution in [2.75, 3.05) is 32.7 Å². The molecule has 2 amide bonds. The van der Waals surface area contributed by atoms with Crippen molar-refractivity contribution in [1.29, 1.82) is 0 Å². The van der Waals surface area contributed by atoms with E-state index in [1.165, 1.54) is 4.90 Å². The van der Waals surface area contributed by atoms with Gasteiger partial charge in [-0.2, -0.15) is 0 Å². The number of rotatable bonds is 6. The molecule has 1 heterocycles. The molecule has 0 unspecified atom stereocenters. The first-order valence-electron chi connectivity index (χ1n) is 8.57. The average molecular weight is 318 g/mol. The van der Waals surface area contributed by atoms with Gasteiger partial charge in [-0.05, 0) is 25.5 Å². The second kappa shape index (κ2) is 8.67. The van der Waals surface area contributed by atoms with E-state index in [-0.39, 0.29) is 17.9 Å². The molecular weight excluding hydrogens is 290 g/mol. The molecule has 1 aliphatic heterocycles. The molecule has 23 heavy (non-hydrogen) atoms. The van der Waals surface area contributed by atoms with Crippen molar-refractivity contribution in [1.82, 2.24) is 10.2 Å². The number of quaternary nitrogens is 1. The van der Waals surface area contributed by atoms with E-state index < -0.39 is 0 Å². The van der Waals surface area contributed by atoms with Gasteiger partial charge in [0.2, 0.25) is 0 Å². The molecule has 1 aliphatic rings. The normalized spacial score (nSPS) is 16.9. The first-order chi connectivity index (χ1) is 11.1. The lowest BCUT2D eigenvalue weighted by Crippen LogP contribution is -3.15. The van der Waals surface area contributed by atoms with E-state index in [9.17, 15) is 9.59 Å². The highest BCUT2D eigenvalue weighted by Crippen LogP contribution is 2.04. The van der Waals surface area contributed by atoms with E-state index in [0.29, 0.717) is 19.6 Å². The molecule has 1 saturated heterocycles. The third kappa shape index (κ3) is 5.36. The highest BCUT2D eigenvalue weighted by atomic mass is 16.2. The van der Waals surface area contributed by atoms with Gasteiger partial charge in [-0.15, -0.1) is 0 Å². The number of carbonyl (C=O) groups is 2. The number of piperazine rings is 1. The van der Waals surface area contributed by atoms with Crippen LogP contribution in [0.5, 0.6) is 0 Å².